The standard InChI is InChI=1S/C18H26N2O/c1-4-5-6-7-18-14(2)19-20(15(18)3)17-10-8-16(9-11-17)12-13-21/h8-11,21H,4-7,12-13H2,1-3H3. The van der Waals surface area contributed by atoms with Gasteiger partial charge in [-0.05, 0) is 56.4 Å². The Balaban J connectivity index is 2.21. The van der Waals surface area contributed by atoms with E-state index >= 15 is 0 Å². The molecule has 0 atom stereocenters. The number of hydrogen-bond acceptors (Lipinski definition) is 2. The highest BCUT2D eigenvalue weighted by atomic mass is 16.2. The lowest BCUT2D eigenvalue weighted by atomic mass is 10.1. The third kappa shape index (κ3) is 3.73. The molecule has 1 aromatic carbocycles. The maximum atomic E-state index is 8.98. The van der Waals surface area contributed by atoms with Crippen molar-refractivity contribution in [2.75, 3.05) is 6.61 Å². The minimum atomic E-state index is 0.195. The molecule has 114 valence electrons. The third-order valence-electron chi connectivity index (χ3n) is 4.05. The number of nitrogens with zero attached hydrogens (tertiary/aromatic N) is 2. The van der Waals surface area contributed by atoms with Gasteiger partial charge in [0.15, 0.2) is 0 Å². The smallest absolute Gasteiger partial charge is 0.0649 e. The minimum Gasteiger partial charge on any atom is -0.396 e. The largest absolute Gasteiger partial charge is 0.396 e. The van der Waals surface area contributed by atoms with Crippen molar-refractivity contribution in [2.45, 2.75) is 52.9 Å². The van der Waals surface area contributed by atoms with Gasteiger partial charge in [0.05, 0.1) is 11.4 Å². The summed E-state index contributed by atoms with van der Waals surface area (Å²) in [5.41, 5.74) is 6.04. The molecule has 3 nitrogen and oxygen atoms in total. The van der Waals surface area contributed by atoms with E-state index in [-0.39, 0.29) is 6.61 Å². The average Bonchev–Trinajstić information content (AvgIpc) is 2.76. The zero-order chi connectivity index (χ0) is 15.2. The average molecular weight is 286 g/mol. The zero-order valence-corrected chi connectivity index (χ0v) is 13.4. The normalized spacial score (nSPS) is 11.0. The predicted molar refractivity (Wildman–Crippen MR) is 87.1 cm³/mol. The summed E-state index contributed by atoms with van der Waals surface area (Å²) in [5.74, 6) is 0. The van der Waals surface area contributed by atoms with Crippen molar-refractivity contribution in [2.24, 2.45) is 0 Å². The van der Waals surface area contributed by atoms with Crippen molar-refractivity contribution in [1.29, 1.82) is 0 Å². The van der Waals surface area contributed by atoms with Crippen LogP contribution in [0.1, 0.15) is 48.7 Å². The number of unbranched alkanes of at least 4 members (excludes halogenated alkanes) is 2. The molecule has 1 N–H and O–H groups in total. The monoisotopic (exact) mass is 286 g/mol. The second-order valence-corrected chi connectivity index (χ2v) is 5.66. The van der Waals surface area contributed by atoms with E-state index in [2.05, 4.69) is 45.0 Å². The summed E-state index contributed by atoms with van der Waals surface area (Å²) in [4.78, 5) is 0. The predicted octanol–water partition coefficient (Wildman–Crippen LogP) is 3.76. The number of benzene rings is 1. The van der Waals surface area contributed by atoms with Crippen molar-refractivity contribution in [3.05, 3.63) is 46.8 Å². The fourth-order valence-electron chi connectivity index (χ4n) is 2.77. The van der Waals surface area contributed by atoms with E-state index in [4.69, 9.17) is 10.2 Å². The van der Waals surface area contributed by atoms with E-state index in [9.17, 15) is 0 Å². The van der Waals surface area contributed by atoms with Gasteiger partial charge in [0, 0.05) is 12.3 Å². The molecule has 3 heteroatoms. The van der Waals surface area contributed by atoms with Gasteiger partial charge in [0.25, 0.3) is 0 Å². The molecular weight excluding hydrogens is 260 g/mol. The number of aliphatic hydroxyl groups is 1. The number of aryl methyl sites for hydroxylation is 1. The van der Waals surface area contributed by atoms with Crippen LogP contribution in [0.2, 0.25) is 0 Å². The molecule has 0 aliphatic rings. The summed E-state index contributed by atoms with van der Waals surface area (Å²) in [6, 6.07) is 8.30. The van der Waals surface area contributed by atoms with Gasteiger partial charge in [-0.3, -0.25) is 0 Å². The second-order valence-electron chi connectivity index (χ2n) is 5.66. The van der Waals surface area contributed by atoms with Crippen molar-refractivity contribution < 1.29 is 5.11 Å². The van der Waals surface area contributed by atoms with Crippen LogP contribution in [0.15, 0.2) is 24.3 Å². The lowest BCUT2D eigenvalue weighted by Crippen LogP contribution is -2.00. The molecule has 0 aliphatic carbocycles. The molecule has 1 aromatic heterocycles. The Morgan fingerprint density at radius 1 is 1.05 bits per heavy atom. The molecule has 2 aromatic rings. The Bertz CT molecular complexity index is 570. The first-order valence-corrected chi connectivity index (χ1v) is 7.92. The highest BCUT2D eigenvalue weighted by Crippen LogP contribution is 2.20. The summed E-state index contributed by atoms with van der Waals surface area (Å²) in [5, 5.41) is 13.7. The van der Waals surface area contributed by atoms with Crippen LogP contribution in [-0.2, 0) is 12.8 Å². The highest BCUT2D eigenvalue weighted by Gasteiger charge is 2.12. The molecule has 0 fully saturated rings. The SMILES string of the molecule is CCCCCc1c(C)nn(-c2ccc(CCO)cc2)c1C. The Labute approximate surface area is 127 Å². The first-order valence-electron chi connectivity index (χ1n) is 7.92. The fourth-order valence-corrected chi connectivity index (χ4v) is 2.77. The van der Waals surface area contributed by atoms with Gasteiger partial charge in [-0.25, -0.2) is 4.68 Å². The van der Waals surface area contributed by atoms with Gasteiger partial charge in [0.2, 0.25) is 0 Å². The lowest BCUT2D eigenvalue weighted by molar-refractivity contribution is 0.299. The fraction of sp³-hybridized carbons (Fsp3) is 0.500. The van der Waals surface area contributed by atoms with Gasteiger partial charge in [-0.15, -0.1) is 0 Å². The Kier molecular flexibility index (Phi) is 5.57. The number of hydrogen-bond donors (Lipinski definition) is 1. The van der Waals surface area contributed by atoms with Gasteiger partial charge in [0.1, 0.15) is 0 Å². The summed E-state index contributed by atoms with van der Waals surface area (Å²) >= 11 is 0. The number of aromatic nitrogens is 2. The van der Waals surface area contributed by atoms with Crippen LogP contribution >= 0.6 is 0 Å². The molecule has 0 spiro atoms. The van der Waals surface area contributed by atoms with Gasteiger partial charge in [-0.2, -0.15) is 5.10 Å². The van der Waals surface area contributed by atoms with Crippen LogP contribution in [0, 0.1) is 13.8 Å². The quantitative estimate of drug-likeness (QED) is 0.787. The van der Waals surface area contributed by atoms with Crippen LogP contribution in [0.3, 0.4) is 0 Å². The van der Waals surface area contributed by atoms with E-state index in [1.54, 1.807) is 0 Å². The third-order valence-corrected chi connectivity index (χ3v) is 4.05. The molecule has 0 saturated heterocycles. The van der Waals surface area contributed by atoms with Crippen molar-refractivity contribution in [3.8, 4) is 5.69 Å². The Morgan fingerprint density at radius 2 is 1.76 bits per heavy atom. The maximum Gasteiger partial charge on any atom is 0.0649 e. The van der Waals surface area contributed by atoms with Crippen LogP contribution in [-0.4, -0.2) is 21.5 Å². The van der Waals surface area contributed by atoms with Crippen LogP contribution < -0.4 is 0 Å². The van der Waals surface area contributed by atoms with Crippen molar-refractivity contribution >= 4 is 0 Å². The van der Waals surface area contributed by atoms with E-state index in [1.165, 1.54) is 30.5 Å². The summed E-state index contributed by atoms with van der Waals surface area (Å²) in [6.07, 6.45) is 5.59. The second kappa shape index (κ2) is 7.41. The van der Waals surface area contributed by atoms with E-state index < -0.39 is 0 Å². The van der Waals surface area contributed by atoms with Crippen molar-refractivity contribution in [3.63, 3.8) is 0 Å². The summed E-state index contributed by atoms with van der Waals surface area (Å²) in [6.45, 7) is 6.69. The molecular formula is C18H26N2O. The zero-order valence-electron chi connectivity index (χ0n) is 13.4. The van der Waals surface area contributed by atoms with E-state index in [0.29, 0.717) is 6.42 Å². The van der Waals surface area contributed by atoms with E-state index in [0.717, 1.165) is 23.4 Å². The number of rotatable bonds is 7. The molecule has 0 saturated carbocycles. The van der Waals surface area contributed by atoms with Crippen LogP contribution in [0.5, 0.6) is 0 Å². The van der Waals surface area contributed by atoms with Crippen LogP contribution in [0.4, 0.5) is 0 Å². The molecule has 2 rings (SSSR count). The summed E-state index contributed by atoms with van der Waals surface area (Å²) < 4.78 is 2.04. The highest BCUT2D eigenvalue weighted by molar-refractivity contribution is 5.38. The molecule has 0 aliphatic heterocycles. The molecule has 21 heavy (non-hydrogen) atoms. The topological polar surface area (TPSA) is 38.0 Å². The molecule has 0 bridgehead atoms. The Morgan fingerprint density at radius 3 is 2.38 bits per heavy atom. The molecule has 0 amide bonds. The van der Waals surface area contributed by atoms with Crippen LogP contribution in [0.25, 0.3) is 5.69 Å². The molecule has 0 radical (unpaired) electrons. The van der Waals surface area contributed by atoms with Gasteiger partial charge < -0.3 is 5.11 Å². The molecule has 0 unspecified atom stereocenters. The summed E-state index contributed by atoms with van der Waals surface area (Å²) in [7, 11) is 0. The molecule has 1 heterocycles. The minimum absolute atomic E-state index is 0.195. The van der Waals surface area contributed by atoms with Gasteiger partial charge in [-0.1, -0.05) is 31.9 Å². The maximum absolute atomic E-state index is 8.98. The first-order chi connectivity index (χ1) is 10.2. The van der Waals surface area contributed by atoms with Gasteiger partial charge >= 0.3 is 0 Å². The van der Waals surface area contributed by atoms with E-state index in [1.807, 2.05) is 4.68 Å². The lowest BCUT2D eigenvalue weighted by Gasteiger charge is -2.07. The Hall–Kier alpha value is -1.61. The van der Waals surface area contributed by atoms with Crippen molar-refractivity contribution in [1.82, 2.24) is 9.78 Å². The first kappa shape index (κ1) is 15.8. The number of aliphatic hydroxyl groups excluding tert-OH is 1.